The number of hydrogen-bond acceptors (Lipinski definition) is 0. The zero-order chi connectivity index (χ0) is 11.7. The first kappa shape index (κ1) is 11.3. The van der Waals surface area contributed by atoms with Gasteiger partial charge >= 0.3 is 0 Å². The average molecular weight is 228 g/mol. The van der Waals surface area contributed by atoms with Gasteiger partial charge in [-0.15, -0.1) is 0 Å². The van der Waals surface area contributed by atoms with Crippen molar-refractivity contribution in [2.75, 3.05) is 0 Å². The lowest BCUT2D eigenvalue weighted by Crippen LogP contribution is -2.16. The minimum atomic E-state index is 0.950. The Kier molecular flexibility index (Phi) is 3.22. The molecule has 0 N–H and O–H groups in total. The van der Waals surface area contributed by atoms with Gasteiger partial charge in [0, 0.05) is 0 Å². The lowest BCUT2D eigenvalue weighted by atomic mass is 9.78. The van der Waals surface area contributed by atoms with Crippen molar-refractivity contribution in [3.63, 3.8) is 0 Å². The summed E-state index contributed by atoms with van der Waals surface area (Å²) < 4.78 is 0. The number of benzene rings is 1. The van der Waals surface area contributed by atoms with E-state index in [1.54, 1.807) is 11.1 Å². The smallest absolute Gasteiger partial charge is 0.0244 e. The van der Waals surface area contributed by atoms with E-state index in [1.807, 2.05) is 0 Å². The van der Waals surface area contributed by atoms with Crippen molar-refractivity contribution in [2.24, 2.45) is 17.8 Å². The van der Waals surface area contributed by atoms with Crippen molar-refractivity contribution in [3.8, 4) is 0 Å². The lowest BCUT2D eigenvalue weighted by Gasteiger charge is -2.28. The molecule has 2 aliphatic carbocycles. The van der Waals surface area contributed by atoms with Gasteiger partial charge in [0.05, 0.1) is 0 Å². The van der Waals surface area contributed by atoms with Gasteiger partial charge in [-0.1, -0.05) is 56.9 Å². The maximum atomic E-state index is 2.42. The zero-order valence-corrected chi connectivity index (χ0v) is 11.0. The molecule has 0 radical (unpaired) electrons. The number of rotatable bonds is 2. The molecule has 0 aromatic heterocycles. The van der Waals surface area contributed by atoms with Crippen molar-refractivity contribution >= 4 is 0 Å². The molecule has 0 unspecified atom stereocenters. The van der Waals surface area contributed by atoms with Crippen LogP contribution in [0.15, 0.2) is 24.3 Å². The van der Waals surface area contributed by atoms with E-state index in [9.17, 15) is 0 Å². The first-order valence-corrected chi connectivity index (χ1v) is 7.38. The van der Waals surface area contributed by atoms with Crippen LogP contribution in [-0.2, 0) is 12.8 Å². The first-order valence-electron chi connectivity index (χ1n) is 7.38. The van der Waals surface area contributed by atoms with E-state index >= 15 is 0 Å². The van der Waals surface area contributed by atoms with E-state index < -0.39 is 0 Å². The fourth-order valence-electron chi connectivity index (χ4n) is 3.85. The van der Waals surface area contributed by atoms with Crippen LogP contribution in [0.2, 0.25) is 0 Å². The molecule has 0 amide bonds. The molecule has 1 aromatic carbocycles. The molecule has 0 nitrogen and oxygen atoms in total. The Hall–Kier alpha value is -0.780. The van der Waals surface area contributed by atoms with E-state index in [0.29, 0.717) is 0 Å². The molecule has 0 aliphatic heterocycles. The maximum Gasteiger partial charge on any atom is -0.0244 e. The second kappa shape index (κ2) is 4.84. The monoisotopic (exact) mass is 228 g/mol. The standard InChI is InChI=1S/C17H24/c1-13-6-8-14(9-7-13)10-15-11-16-4-2-3-5-17(16)12-15/h2-5,13-15H,6-12H2,1H3. The third kappa shape index (κ3) is 2.56. The fourth-order valence-corrected chi connectivity index (χ4v) is 3.85. The SMILES string of the molecule is CC1CCC(CC2Cc3ccccc3C2)CC1. The van der Waals surface area contributed by atoms with Crippen LogP contribution in [0.25, 0.3) is 0 Å². The second-order valence-corrected chi connectivity index (χ2v) is 6.40. The quantitative estimate of drug-likeness (QED) is 0.693. The van der Waals surface area contributed by atoms with Crippen molar-refractivity contribution in [1.29, 1.82) is 0 Å². The van der Waals surface area contributed by atoms with Crippen molar-refractivity contribution in [3.05, 3.63) is 35.4 Å². The van der Waals surface area contributed by atoms with Crippen LogP contribution >= 0.6 is 0 Å². The van der Waals surface area contributed by atoms with Crippen LogP contribution in [-0.4, -0.2) is 0 Å². The highest BCUT2D eigenvalue weighted by Crippen LogP contribution is 2.37. The maximum absolute atomic E-state index is 2.42. The summed E-state index contributed by atoms with van der Waals surface area (Å²) in [6, 6.07) is 9.06. The van der Waals surface area contributed by atoms with E-state index in [1.165, 1.54) is 44.9 Å². The number of fused-ring (bicyclic) bond motifs is 1. The highest BCUT2D eigenvalue weighted by Gasteiger charge is 2.26. The summed E-state index contributed by atoms with van der Waals surface area (Å²) in [5.74, 6) is 2.98. The van der Waals surface area contributed by atoms with Gasteiger partial charge in [0.1, 0.15) is 0 Å². The van der Waals surface area contributed by atoms with E-state index in [4.69, 9.17) is 0 Å². The molecule has 1 fully saturated rings. The Morgan fingerprint density at radius 2 is 1.47 bits per heavy atom. The fraction of sp³-hybridized carbons (Fsp3) is 0.647. The molecule has 0 spiro atoms. The van der Waals surface area contributed by atoms with Gasteiger partial charge in [0.25, 0.3) is 0 Å². The molecule has 0 bridgehead atoms. The summed E-state index contributed by atoms with van der Waals surface area (Å²) in [6.07, 6.45) is 10.1. The van der Waals surface area contributed by atoms with Crippen LogP contribution in [0.1, 0.15) is 50.2 Å². The first-order chi connectivity index (χ1) is 8.31. The molecular formula is C17H24. The summed E-state index contributed by atoms with van der Waals surface area (Å²) in [5, 5.41) is 0. The Morgan fingerprint density at radius 3 is 2.06 bits per heavy atom. The summed E-state index contributed by atoms with van der Waals surface area (Å²) in [4.78, 5) is 0. The van der Waals surface area contributed by atoms with Gasteiger partial charge in [-0.05, 0) is 48.1 Å². The minimum Gasteiger partial charge on any atom is -0.0625 e. The van der Waals surface area contributed by atoms with E-state index in [-0.39, 0.29) is 0 Å². The van der Waals surface area contributed by atoms with Gasteiger partial charge in [0.2, 0.25) is 0 Å². The summed E-state index contributed by atoms with van der Waals surface area (Å²) in [7, 11) is 0. The highest BCUT2D eigenvalue weighted by atomic mass is 14.3. The van der Waals surface area contributed by atoms with Crippen LogP contribution in [0, 0.1) is 17.8 Å². The summed E-state index contributed by atoms with van der Waals surface area (Å²) in [5.41, 5.74) is 3.25. The van der Waals surface area contributed by atoms with Crippen LogP contribution in [0.3, 0.4) is 0 Å². The van der Waals surface area contributed by atoms with Crippen LogP contribution in [0.4, 0.5) is 0 Å². The van der Waals surface area contributed by atoms with Crippen molar-refractivity contribution < 1.29 is 0 Å². The van der Waals surface area contributed by atoms with Gasteiger partial charge in [0.15, 0.2) is 0 Å². The molecule has 0 atom stereocenters. The Balaban J connectivity index is 1.55. The molecule has 0 saturated heterocycles. The predicted molar refractivity (Wildman–Crippen MR) is 73.1 cm³/mol. The molecule has 17 heavy (non-hydrogen) atoms. The number of hydrogen-bond donors (Lipinski definition) is 0. The Labute approximate surface area is 105 Å². The molecule has 0 heterocycles. The van der Waals surface area contributed by atoms with Crippen LogP contribution < -0.4 is 0 Å². The molecule has 0 heteroatoms. The van der Waals surface area contributed by atoms with Gasteiger partial charge < -0.3 is 0 Å². The highest BCUT2D eigenvalue weighted by molar-refractivity contribution is 5.32. The largest absolute Gasteiger partial charge is 0.0625 e. The van der Waals surface area contributed by atoms with Gasteiger partial charge in [-0.3, -0.25) is 0 Å². The molecular weight excluding hydrogens is 204 g/mol. The normalized spacial score (nSPS) is 29.2. The third-order valence-corrected chi connectivity index (χ3v) is 4.94. The molecule has 1 saturated carbocycles. The predicted octanol–water partition coefficient (Wildman–Crippen LogP) is 4.62. The average Bonchev–Trinajstić information content (AvgIpc) is 2.74. The van der Waals surface area contributed by atoms with E-state index in [0.717, 1.165) is 17.8 Å². The van der Waals surface area contributed by atoms with Gasteiger partial charge in [-0.2, -0.15) is 0 Å². The molecule has 2 aliphatic rings. The summed E-state index contributed by atoms with van der Waals surface area (Å²) >= 11 is 0. The third-order valence-electron chi connectivity index (χ3n) is 4.94. The minimum absolute atomic E-state index is 0.950. The second-order valence-electron chi connectivity index (χ2n) is 6.40. The van der Waals surface area contributed by atoms with Gasteiger partial charge in [-0.25, -0.2) is 0 Å². The Bertz CT molecular complexity index is 346. The van der Waals surface area contributed by atoms with Crippen molar-refractivity contribution in [2.45, 2.75) is 51.9 Å². The summed E-state index contributed by atoms with van der Waals surface area (Å²) in [6.45, 7) is 2.42. The van der Waals surface area contributed by atoms with Crippen LogP contribution in [0.5, 0.6) is 0 Å². The zero-order valence-electron chi connectivity index (χ0n) is 11.0. The lowest BCUT2D eigenvalue weighted by molar-refractivity contribution is 0.248. The van der Waals surface area contributed by atoms with E-state index in [2.05, 4.69) is 31.2 Å². The molecule has 1 aromatic rings. The van der Waals surface area contributed by atoms with Crippen molar-refractivity contribution in [1.82, 2.24) is 0 Å². The molecule has 92 valence electrons. The Morgan fingerprint density at radius 1 is 0.882 bits per heavy atom. The molecule has 3 rings (SSSR count). The topological polar surface area (TPSA) is 0 Å².